The van der Waals surface area contributed by atoms with E-state index in [2.05, 4.69) is 0 Å². The van der Waals surface area contributed by atoms with Crippen LogP contribution in [0.25, 0.3) is 0 Å². The lowest BCUT2D eigenvalue weighted by atomic mass is 9.86. The molecule has 0 spiro atoms. The van der Waals surface area contributed by atoms with Crippen molar-refractivity contribution in [3.8, 4) is 0 Å². The van der Waals surface area contributed by atoms with Crippen LogP contribution in [0.2, 0.25) is 0 Å². The lowest BCUT2D eigenvalue weighted by molar-refractivity contribution is -0.145. The zero-order valence-electron chi connectivity index (χ0n) is 11.4. The molecule has 0 aliphatic heterocycles. The van der Waals surface area contributed by atoms with Crippen LogP contribution in [-0.2, 0) is 16.0 Å². The first-order valence-corrected chi connectivity index (χ1v) is 6.65. The average Bonchev–Trinajstić information content (AvgIpc) is 3.16. The predicted octanol–water partition coefficient (Wildman–Crippen LogP) is 1.43. The van der Waals surface area contributed by atoms with Crippen LogP contribution < -0.4 is 5.73 Å². The molecule has 1 saturated carbocycles. The Bertz CT molecular complexity index is 542. The molecule has 0 bridgehead atoms. The largest absolute Gasteiger partial charge is 0.481 e. The van der Waals surface area contributed by atoms with E-state index in [4.69, 9.17) is 10.8 Å². The van der Waals surface area contributed by atoms with Gasteiger partial charge in [-0.15, -0.1) is 0 Å². The fraction of sp³-hybridized carbons (Fsp3) is 0.467. The Hall–Kier alpha value is -1.88. The summed E-state index contributed by atoms with van der Waals surface area (Å²) in [6.45, 7) is 1.97. The van der Waals surface area contributed by atoms with E-state index in [1.807, 2.05) is 31.2 Å². The second-order valence-corrected chi connectivity index (χ2v) is 5.62. The van der Waals surface area contributed by atoms with E-state index < -0.39 is 29.3 Å². The van der Waals surface area contributed by atoms with Crippen molar-refractivity contribution in [2.24, 2.45) is 17.6 Å². The van der Waals surface area contributed by atoms with Gasteiger partial charge in [-0.2, -0.15) is 0 Å². The molecule has 0 heterocycles. The molecule has 1 aromatic carbocycles. The van der Waals surface area contributed by atoms with Crippen LogP contribution in [0, 0.1) is 18.8 Å². The predicted molar refractivity (Wildman–Crippen MR) is 73.3 cm³/mol. The summed E-state index contributed by atoms with van der Waals surface area (Å²) in [6, 6.07) is 7.80. The Morgan fingerprint density at radius 3 is 2.60 bits per heavy atom. The third-order valence-electron chi connectivity index (χ3n) is 4.08. The molecule has 1 aliphatic carbocycles. The SMILES string of the molecule is Cc1cccc(CC[C@@](N)(C(=O)O)[C@@H]2C[C@H]2C(=O)O)c1. The fourth-order valence-electron chi connectivity index (χ4n) is 2.71. The van der Waals surface area contributed by atoms with Gasteiger partial charge in [0, 0.05) is 5.92 Å². The van der Waals surface area contributed by atoms with Crippen LogP contribution >= 0.6 is 0 Å². The molecule has 5 nitrogen and oxygen atoms in total. The van der Waals surface area contributed by atoms with Gasteiger partial charge in [0.15, 0.2) is 0 Å². The Labute approximate surface area is 117 Å². The monoisotopic (exact) mass is 277 g/mol. The highest BCUT2D eigenvalue weighted by molar-refractivity contribution is 5.83. The van der Waals surface area contributed by atoms with Crippen LogP contribution in [0.4, 0.5) is 0 Å². The molecule has 108 valence electrons. The highest BCUT2D eigenvalue weighted by atomic mass is 16.4. The number of nitrogens with two attached hydrogens (primary N) is 1. The summed E-state index contributed by atoms with van der Waals surface area (Å²) in [6.07, 6.45) is 1.14. The first kappa shape index (κ1) is 14.5. The van der Waals surface area contributed by atoms with Crippen molar-refractivity contribution >= 4 is 11.9 Å². The Balaban J connectivity index is 2.07. The zero-order chi connectivity index (χ0) is 14.9. The molecule has 0 saturated heterocycles. The minimum absolute atomic E-state index is 0.250. The molecule has 1 aliphatic rings. The molecule has 1 fully saturated rings. The van der Waals surface area contributed by atoms with Gasteiger partial charge in [-0.05, 0) is 31.7 Å². The first-order valence-electron chi connectivity index (χ1n) is 6.65. The van der Waals surface area contributed by atoms with Crippen LogP contribution in [0.15, 0.2) is 24.3 Å². The normalized spacial score (nSPS) is 23.9. The number of aryl methyl sites for hydroxylation is 2. The number of carboxylic acid groups (broad SMARTS) is 2. The van der Waals surface area contributed by atoms with Gasteiger partial charge in [0.05, 0.1) is 5.92 Å². The average molecular weight is 277 g/mol. The number of benzene rings is 1. The van der Waals surface area contributed by atoms with Crippen LogP contribution in [0.5, 0.6) is 0 Å². The van der Waals surface area contributed by atoms with E-state index in [9.17, 15) is 14.7 Å². The summed E-state index contributed by atoms with van der Waals surface area (Å²) in [5.41, 5.74) is 6.67. The summed E-state index contributed by atoms with van der Waals surface area (Å²) in [5.74, 6) is -3.16. The maximum absolute atomic E-state index is 11.4. The van der Waals surface area contributed by atoms with Crippen molar-refractivity contribution in [3.63, 3.8) is 0 Å². The minimum Gasteiger partial charge on any atom is -0.481 e. The van der Waals surface area contributed by atoms with E-state index in [-0.39, 0.29) is 6.42 Å². The van der Waals surface area contributed by atoms with Gasteiger partial charge in [-0.3, -0.25) is 9.59 Å². The lowest BCUT2D eigenvalue weighted by Crippen LogP contribution is -2.51. The van der Waals surface area contributed by atoms with Crippen LogP contribution in [-0.4, -0.2) is 27.7 Å². The summed E-state index contributed by atoms with van der Waals surface area (Å²) in [5, 5.41) is 18.3. The number of rotatable bonds is 6. The number of hydrogen-bond acceptors (Lipinski definition) is 3. The van der Waals surface area contributed by atoms with Crippen molar-refractivity contribution in [3.05, 3.63) is 35.4 Å². The standard InChI is InChI=1S/C15H19NO4/c1-9-3-2-4-10(7-9)5-6-15(16,14(19)20)12-8-11(12)13(17)18/h2-4,7,11-12H,5-6,8,16H2,1H3,(H,17,18)(H,19,20)/t11-,12-,15+/m1/s1. The Kier molecular flexibility index (Phi) is 3.81. The van der Waals surface area contributed by atoms with E-state index >= 15 is 0 Å². The number of carbonyl (C=O) groups is 2. The van der Waals surface area contributed by atoms with Crippen molar-refractivity contribution < 1.29 is 19.8 Å². The minimum atomic E-state index is -1.45. The maximum Gasteiger partial charge on any atom is 0.324 e. The molecule has 0 radical (unpaired) electrons. The number of aliphatic carboxylic acids is 2. The lowest BCUT2D eigenvalue weighted by Gasteiger charge is -2.25. The van der Waals surface area contributed by atoms with Gasteiger partial charge in [-0.1, -0.05) is 29.8 Å². The van der Waals surface area contributed by atoms with Gasteiger partial charge in [-0.25, -0.2) is 0 Å². The second-order valence-electron chi connectivity index (χ2n) is 5.62. The van der Waals surface area contributed by atoms with Gasteiger partial charge in [0.2, 0.25) is 0 Å². The quantitative estimate of drug-likeness (QED) is 0.730. The van der Waals surface area contributed by atoms with E-state index in [0.717, 1.165) is 11.1 Å². The maximum atomic E-state index is 11.4. The molecule has 20 heavy (non-hydrogen) atoms. The van der Waals surface area contributed by atoms with Crippen LogP contribution in [0.3, 0.4) is 0 Å². The summed E-state index contributed by atoms with van der Waals surface area (Å²) >= 11 is 0. The molecular formula is C15H19NO4. The zero-order valence-corrected chi connectivity index (χ0v) is 11.4. The third-order valence-corrected chi connectivity index (χ3v) is 4.08. The third kappa shape index (κ3) is 2.82. The summed E-state index contributed by atoms with van der Waals surface area (Å²) in [7, 11) is 0. The molecule has 1 aromatic rings. The van der Waals surface area contributed by atoms with Crippen molar-refractivity contribution in [1.82, 2.24) is 0 Å². The van der Waals surface area contributed by atoms with Gasteiger partial charge >= 0.3 is 11.9 Å². The first-order chi connectivity index (χ1) is 9.34. The van der Waals surface area contributed by atoms with E-state index in [1.54, 1.807) is 0 Å². The number of carboxylic acids is 2. The van der Waals surface area contributed by atoms with Crippen molar-refractivity contribution in [2.45, 2.75) is 31.7 Å². The molecular weight excluding hydrogens is 258 g/mol. The molecule has 2 rings (SSSR count). The Morgan fingerprint density at radius 2 is 2.10 bits per heavy atom. The summed E-state index contributed by atoms with van der Waals surface area (Å²) in [4.78, 5) is 22.4. The van der Waals surface area contributed by atoms with E-state index in [0.29, 0.717) is 12.8 Å². The molecule has 4 N–H and O–H groups in total. The highest BCUT2D eigenvalue weighted by Crippen LogP contribution is 2.47. The van der Waals surface area contributed by atoms with Crippen LogP contribution in [0.1, 0.15) is 24.0 Å². The smallest absolute Gasteiger partial charge is 0.324 e. The highest BCUT2D eigenvalue weighted by Gasteiger charge is 2.57. The fourth-order valence-corrected chi connectivity index (χ4v) is 2.71. The van der Waals surface area contributed by atoms with Gasteiger partial charge < -0.3 is 15.9 Å². The van der Waals surface area contributed by atoms with Gasteiger partial charge in [0.25, 0.3) is 0 Å². The molecule has 3 atom stereocenters. The molecule has 0 aromatic heterocycles. The molecule has 0 amide bonds. The molecule has 5 heteroatoms. The number of hydrogen-bond donors (Lipinski definition) is 3. The second kappa shape index (κ2) is 5.25. The molecule has 0 unspecified atom stereocenters. The van der Waals surface area contributed by atoms with Crippen molar-refractivity contribution in [1.29, 1.82) is 0 Å². The van der Waals surface area contributed by atoms with E-state index in [1.165, 1.54) is 0 Å². The van der Waals surface area contributed by atoms with Crippen molar-refractivity contribution in [2.75, 3.05) is 0 Å². The Morgan fingerprint density at radius 1 is 1.40 bits per heavy atom. The topological polar surface area (TPSA) is 101 Å². The van der Waals surface area contributed by atoms with Gasteiger partial charge in [0.1, 0.15) is 5.54 Å². The summed E-state index contributed by atoms with van der Waals surface area (Å²) < 4.78 is 0.